The van der Waals surface area contributed by atoms with Crippen LogP contribution in [0.2, 0.25) is 0 Å². The van der Waals surface area contributed by atoms with Gasteiger partial charge in [-0.05, 0) is 102 Å². The Morgan fingerprint density at radius 1 is 0.463 bits per heavy atom. The van der Waals surface area contributed by atoms with Crippen molar-refractivity contribution >= 4 is 17.1 Å². The van der Waals surface area contributed by atoms with Crippen molar-refractivity contribution in [2.45, 2.75) is 64.2 Å². The zero-order valence-corrected chi connectivity index (χ0v) is 32.2. The second-order valence-corrected chi connectivity index (χ2v) is 17.3. The van der Waals surface area contributed by atoms with E-state index in [9.17, 15) is 0 Å². The average Bonchev–Trinajstić information content (AvgIpc) is 3.45. The normalized spacial score (nSPS) is 13.9. The van der Waals surface area contributed by atoms with Crippen LogP contribution in [-0.2, 0) is 22.7 Å². The van der Waals surface area contributed by atoms with Crippen molar-refractivity contribution in [2.24, 2.45) is 0 Å². The molecule has 0 amide bonds. The first-order valence-electron chi connectivity index (χ1n) is 19.3. The number of rotatable bonds is 4. The Hall–Kier alpha value is -5.86. The van der Waals surface area contributed by atoms with Crippen molar-refractivity contribution in [3.05, 3.63) is 196 Å². The number of nitrogen functional groups attached to an aromatic ring is 1. The molecule has 0 saturated heterocycles. The number of hydrogen-bond donors (Lipinski definition) is 2. The topological polar surface area (TPSA) is 38.0 Å². The van der Waals surface area contributed by atoms with E-state index in [1.54, 1.807) is 0 Å². The van der Waals surface area contributed by atoms with Crippen LogP contribution in [0.3, 0.4) is 0 Å². The van der Waals surface area contributed by atoms with Gasteiger partial charge in [-0.15, -0.1) is 0 Å². The fraction of sp³-hybridized carbons (Fsp3) is 0.192. The van der Waals surface area contributed by atoms with Gasteiger partial charge in [0.1, 0.15) is 0 Å². The Balaban J connectivity index is 1.30. The number of nitrogens with one attached hydrogen (secondary N) is 1. The minimum absolute atomic E-state index is 0.00917. The van der Waals surface area contributed by atoms with Crippen LogP contribution >= 0.6 is 0 Å². The first-order valence-corrected chi connectivity index (χ1v) is 19.3. The Morgan fingerprint density at radius 3 is 1.61 bits per heavy atom. The molecule has 2 heteroatoms. The van der Waals surface area contributed by atoms with E-state index in [1.165, 1.54) is 66.8 Å². The fourth-order valence-corrected chi connectivity index (χ4v) is 9.03. The van der Waals surface area contributed by atoms with Crippen LogP contribution in [0.25, 0.3) is 33.4 Å². The monoisotopic (exact) mass is 700 g/mol. The van der Waals surface area contributed by atoms with Crippen molar-refractivity contribution in [3.63, 3.8) is 0 Å². The van der Waals surface area contributed by atoms with Gasteiger partial charge in [0, 0.05) is 11.1 Å². The highest BCUT2D eigenvalue weighted by molar-refractivity contribution is 5.97. The van der Waals surface area contributed by atoms with Crippen LogP contribution in [0, 0.1) is 0 Å². The van der Waals surface area contributed by atoms with Gasteiger partial charge < -0.3 is 11.1 Å². The first-order chi connectivity index (χ1) is 25.9. The zero-order valence-electron chi connectivity index (χ0n) is 32.2. The average molecular weight is 701 g/mol. The highest BCUT2D eigenvalue weighted by atomic mass is 14.9. The third-order valence-electron chi connectivity index (χ3n) is 11.8. The lowest BCUT2D eigenvalue weighted by Gasteiger charge is -2.40. The summed E-state index contributed by atoms with van der Waals surface area (Å²) in [6, 6.07) is 56.4. The van der Waals surface area contributed by atoms with Crippen molar-refractivity contribution in [1.82, 2.24) is 0 Å². The molecule has 0 aromatic heterocycles. The highest BCUT2D eigenvalue weighted by Crippen LogP contribution is 2.60. The summed E-state index contributed by atoms with van der Waals surface area (Å²) >= 11 is 0. The Morgan fingerprint density at radius 2 is 0.981 bits per heavy atom. The van der Waals surface area contributed by atoms with E-state index < -0.39 is 0 Å². The fourth-order valence-electron chi connectivity index (χ4n) is 9.03. The van der Waals surface area contributed by atoms with Crippen molar-refractivity contribution < 1.29 is 0 Å². The van der Waals surface area contributed by atoms with Crippen LogP contribution in [-0.4, -0.2) is 0 Å². The molecule has 0 radical (unpaired) electrons. The predicted octanol–water partition coefficient (Wildman–Crippen LogP) is 13.2. The molecule has 2 nitrogen and oxygen atoms in total. The zero-order chi connectivity index (χ0) is 37.4. The van der Waals surface area contributed by atoms with Gasteiger partial charge in [-0.3, -0.25) is 0 Å². The van der Waals surface area contributed by atoms with Gasteiger partial charge in [-0.2, -0.15) is 0 Å². The van der Waals surface area contributed by atoms with E-state index in [0.29, 0.717) is 0 Å². The molecular formula is C52H48N2. The van der Waals surface area contributed by atoms with Gasteiger partial charge in [0.15, 0.2) is 0 Å². The molecule has 9 rings (SSSR count). The maximum Gasteiger partial charge on any atom is 0.0719 e. The van der Waals surface area contributed by atoms with Crippen molar-refractivity contribution in [2.75, 3.05) is 11.1 Å². The summed E-state index contributed by atoms with van der Waals surface area (Å²) in [5, 5.41) is 3.87. The van der Waals surface area contributed by atoms with Gasteiger partial charge in [-0.1, -0.05) is 175 Å². The van der Waals surface area contributed by atoms with E-state index in [2.05, 4.69) is 180 Å². The molecule has 3 N–H and O–H groups in total. The lowest BCUT2D eigenvalue weighted by molar-refractivity contribution is 0.569. The van der Waals surface area contributed by atoms with E-state index >= 15 is 0 Å². The van der Waals surface area contributed by atoms with E-state index in [4.69, 9.17) is 5.73 Å². The molecule has 2 aliphatic rings. The standard InChI is InChI=1S/C52H48N2/c1-50(2,3)37-29-36(30-38(32-37)51(4,5)6)40-20-15-19-39(49(40)54-48-25-14-13-24-47(48)53)33-26-27-46-42(31-33)41-18-9-12-23-45(41)52(46)43-21-10-7-16-34(43)28-35-17-8-11-22-44(35)52/h7-27,29-32,54H,28,53H2,1-6H3. The smallest absolute Gasteiger partial charge is 0.0719 e. The molecule has 0 atom stereocenters. The number of hydrogen-bond acceptors (Lipinski definition) is 2. The molecule has 2 aliphatic carbocycles. The number of benzene rings is 7. The number of anilines is 3. The molecule has 0 bridgehead atoms. The minimum atomic E-state index is -0.381. The van der Waals surface area contributed by atoms with E-state index in [1.807, 2.05) is 18.2 Å². The lowest BCUT2D eigenvalue weighted by atomic mass is 9.61. The highest BCUT2D eigenvalue weighted by Gasteiger charge is 2.49. The Labute approximate surface area is 320 Å². The van der Waals surface area contributed by atoms with Gasteiger partial charge in [-0.25, -0.2) is 0 Å². The Bertz CT molecular complexity index is 2510. The summed E-state index contributed by atoms with van der Waals surface area (Å²) in [6.45, 7) is 13.8. The molecule has 0 unspecified atom stereocenters. The largest absolute Gasteiger partial charge is 0.397 e. The molecule has 7 aromatic carbocycles. The van der Waals surface area contributed by atoms with E-state index in [0.717, 1.165) is 34.6 Å². The third-order valence-corrected chi connectivity index (χ3v) is 11.8. The minimum Gasteiger partial charge on any atom is -0.397 e. The van der Waals surface area contributed by atoms with Gasteiger partial charge in [0.05, 0.1) is 22.5 Å². The molecule has 7 aromatic rings. The van der Waals surface area contributed by atoms with Gasteiger partial charge >= 0.3 is 0 Å². The molecule has 0 saturated carbocycles. The summed E-state index contributed by atoms with van der Waals surface area (Å²) < 4.78 is 0. The second kappa shape index (κ2) is 12.4. The second-order valence-electron chi connectivity index (χ2n) is 17.3. The first kappa shape index (κ1) is 33.9. The molecule has 1 spiro atoms. The summed E-state index contributed by atoms with van der Waals surface area (Å²) in [6.07, 6.45) is 0.946. The van der Waals surface area contributed by atoms with Crippen LogP contribution in [0.5, 0.6) is 0 Å². The van der Waals surface area contributed by atoms with Gasteiger partial charge in [0.25, 0.3) is 0 Å². The van der Waals surface area contributed by atoms with Gasteiger partial charge in [0.2, 0.25) is 0 Å². The van der Waals surface area contributed by atoms with Crippen LogP contribution in [0.1, 0.15) is 86.1 Å². The van der Waals surface area contributed by atoms with Crippen molar-refractivity contribution in [1.29, 1.82) is 0 Å². The number of nitrogens with two attached hydrogens (primary N) is 1. The number of fused-ring (bicyclic) bond motifs is 9. The number of para-hydroxylation sites is 3. The SMILES string of the molecule is CC(C)(C)c1cc(-c2cccc(-c3ccc4c(c3)-c3ccccc3C43c4ccccc4Cc4ccccc43)c2Nc2ccccc2N)cc(C(C)(C)C)c1. The Kier molecular flexibility index (Phi) is 7.76. The maximum atomic E-state index is 6.63. The molecule has 54 heavy (non-hydrogen) atoms. The molecule has 0 heterocycles. The van der Waals surface area contributed by atoms with Crippen LogP contribution < -0.4 is 11.1 Å². The van der Waals surface area contributed by atoms with Crippen LogP contribution in [0.15, 0.2) is 152 Å². The van der Waals surface area contributed by atoms with E-state index in [-0.39, 0.29) is 16.2 Å². The van der Waals surface area contributed by atoms with Crippen molar-refractivity contribution in [3.8, 4) is 33.4 Å². The predicted molar refractivity (Wildman–Crippen MR) is 229 cm³/mol. The summed E-state index contributed by atoms with van der Waals surface area (Å²) in [5.41, 5.74) is 27.1. The molecule has 0 fully saturated rings. The third kappa shape index (κ3) is 5.30. The summed E-state index contributed by atoms with van der Waals surface area (Å²) in [4.78, 5) is 0. The molecule has 0 aliphatic heterocycles. The quantitative estimate of drug-likeness (QED) is 0.179. The maximum absolute atomic E-state index is 6.63. The lowest BCUT2D eigenvalue weighted by Crippen LogP contribution is -2.34. The summed E-state index contributed by atoms with van der Waals surface area (Å²) in [5.74, 6) is 0. The molecular weight excluding hydrogens is 653 g/mol. The van der Waals surface area contributed by atoms with Crippen LogP contribution in [0.4, 0.5) is 17.1 Å². The summed E-state index contributed by atoms with van der Waals surface area (Å²) in [7, 11) is 0. The molecule has 266 valence electrons.